The number of aromatic nitrogens is 1. The second-order valence-corrected chi connectivity index (χ2v) is 6.49. The van der Waals surface area contributed by atoms with Crippen LogP contribution >= 0.6 is 23.2 Å². The Morgan fingerprint density at radius 2 is 1.92 bits per heavy atom. The van der Waals surface area contributed by atoms with Gasteiger partial charge in [-0.2, -0.15) is 5.26 Å². The minimum absolute atomic E-state index is 0.0594. The van der Waals surface area contributed by atoms with E-state index in [0.717, 1.165) is 16.5 Å². The molecule has 4 nitrogen and oxygen atoms in total. The van der Waals surface area contributed by atoms with Gasteiger partial charge in [-0.3, -0.25) is 4.98 Å². The molecule has 4 rings (SSSR count). The number of hydrogen-bond acceptors (Lipinski definition) is 4. The Bertz CT molecular complexity index is 1090. The molecule has 2 heterocycles. The molecule has 0 amide bonds. The number of nitriles is 1. The van der Waals surface area contributed by atoms with Crippen molar-refractivity contribution in [2.45, 2.75) is 5.92 Å². The second kappa shape index (κ2) is 5.96. The van der Waals surface area contributed by atoms with Gasteiger partial charge in [0.15, 0.2) is 5.75 Å². The highest BCUT2D eigenvalue weighted by atomic mass is 35.5. The predicted octanol–water partition coefficient (Wildman–Crippen LogP) is 4.76. The average molecular weight is 368 g/mol. The van der Waals surface area contributed by atoms with Crippen LogP contribution in [0.5, 0.6) is 5.75 Å². The number of nitrogens with zero attached hydrogens (tertiary/aromatic N) is 2. The van der Waals surface area contributed by atoms with Crippen molar-refractivity contribution >= 4 is 34.1 Å². The summed E-state index contributed by atoms with van der Waals surface area (Å²) in [6.07, 6.45) is 1.69. The minimum Gasteiger partial charge on any atom is -0.438 e. The van der Waals surface area contributed by atoms with Crippen LogP contribution in [0.2, 0.25) is 10.0 Å². The van der Waals surface area contributed by atoms with Crippen LogP contribution in [-0.4, -0.2) is 4.98 Å². The number of allylic oxidation sites excluding steroid dienone is 1. The van der Waals surface area contributed by atoms with Crippen molar-refractivity contribution in [2.24, 2.45) is 5.73 Å². The average Bonchev–Trinajstić information content (AvgIpc) is 2.61. The number of rotatable bonds is 1. The number of fused-ring (bicyclic) bond motifs is 3. The SMILES string of the molecule is N#CC1=C(N)Oc2c(ccc3cccnc23)[C@@H]1c1ccc(Cl)cc1Cl. The molecule has 1 aliphatic rings. The molecule has 122 valence electrons. The molecule has 6 heteroatoms. The van der Waals surface area contributed by atoms with E-state index < -0.39 is 5.92 Å². The summed E-state index contributed by atoms with van der Waals surface area (Å²) >= 11 is 12.4. The summed E-state index contributed by atoms with van der Waals surface area (Å²) in [5.41, 5.74) is 8.58. The highest BCUT2D eigenvalue weighted by Gasteiger charge is 2.33. The first-order valence-electron chi connectivity index (χ1n) is 7.50. The summed E-state index contributed by atoms with van der Waals surface area (Å²) in [6.45, 7) is 0. The normalized spacial score (nSPS) is 16.3. The molecule has 0 spiro atoms. The molecule has 0 saturated heterocycles. The van der Waals surface area contributed by atoms with Crippen LogP contribution < -0.4 is 10.5 Å². The summed E-state index contributed by atoms with van der Waals surface area (Å²) in [5.74, 6) is 0.166. The van der Waals surface area contributed by atoms with E-state index >= 15 is 0 Å². The van der Waals surface area contributed by atoms with Crippen LogP contribution in [0.1, 0.15) is 17.0 Å². The van der Waals surface area contributed by atoms with Gasteiger partial charge >= 0.3 is 0 Å². The molecule has 0 bridgehead atoms. The Kier molecular flexibility index (Phi) is 3.76. The lowest BCUT2D eigenvalue weighted by Gasteiger charge is -2.27. The lowest BCUT2D eigenvalue weighted by Crippen LogP contribution is -2.21. The van der Waals surface area contributed by atoms with Crippen molar-refractivity contribution in [1.29, 1.82) is 5.26 Å². The van der Waals surface area contributed by atoms with Crippen molar-refractivity contribution in [3.8, 4) is 11.8 Å². The molecular formula is C19H11Cl2N3O. The number of pyridine rings is 1. The Morgan fingerprint density at radius 3 is 2.68 bits per heavy atom. The summed E-state index contributed by atoms with van der Waals surface area (Å²) in [4.78, 5) is 4.40. The first kappa shape index (κ1) is 15.8. The van der Waals surface area contributed by atoms with Gasteiger partial charge in [-0.1, -0.05) is 47.5 Å². The van der Waals surface area contributed by atoms with Crippen molar-refractivity contribution in [3.63, 3.8) is 0 Å². The fraction of sp³-hybridized carbons (Fsp3) is 0.0526. The highest BCUT2D eigenvalue weighted by molar-refractivity contribution is 6.35. The number of halogens is 2. The van der Waals surface area contributed by atoms with Gasteiger partial charge in [0.05, 0.1) is 5.92 Å². The maximum Gasteiger partial charge on any atom is 0.205 e. The van der Waals surface area contributed by atoms with E-state index in [1.54, 1.807) is 24.4 Å². The van der Waals surface area contributed by atoms with Crippen molar-refractivity contribution in [2.75, 3.05) is 0 Å². The van der Waals surface area contributed by atoms with E-state index in [4.69, 9.17) is 33.7 Å². The second-order valence-electron chi connectivity index (χ2n) is 5.65. The van der Waals surface area contributed by atoms with Crippen LogP contribution in [-0.2, 0) is 0 Å². The molecule has 2 aromatic carbocycles. The fourth-order valence-corrected chi connectivity index (χ4v) is 3.63. The molecule has 2 N–H and O–H groups in total. The third-order valence-corrected chi connectivity index (χ3v) is 4.79. The Hall–Kier alpha value is -2.74. The maximum atomic E-state index is 9.62. The summed E-state index contributed by atoms with van der Waals surface area (Å²) in [5, 5.41) is 11.5. The van der Waals surface area contributed by atoms with Gasteiger partial charge in [0.25, 0.3) is 0 Å². The van der Waals surface area contributed by atoms with Crippen molar-refractivity contribution in [3.05, 3.63) is 81.3 Å². The van der Waals surface area contributed by atoms with Gasteiger partial charge < -0.3 is 10.5 Å². The minimum atomic E-state index is -0.440. The smallest absolute Gasteiger partial charge is 0.205 e. The Balaban J connectivity index is 2.03. The van der Waals surface area contributed by atoms with E-state index in [1.807, 2.05) is 24.3 Å². The zero-order valence-electron chi connectivity index (χ0n) is 12.8. The van der Waals surface area contributed by atoms with Crippen molar-refractivity contribution < 1.29 is 4.74 Å². The quantitative estimate of drug-likeness (QED) is 0.672. The zero-order chi connectivity index (χ0) is 17.6. The van der Waals surface area contributed by atoms with Crippen LogP contribution in [0.3, 0.4) is 0 Å². The maximum absolute atomic E-state index is 9.62. The van der Waals surface area contributed by atoms with Gasteiger partial charge in [0.2, 0.25) is 5.88 Å². The molecule has 0 saturated carbocycles. The van der Waals surface area contributed by atoms with E-state index in [9.17, 15) is 5.26 Å². The molecule has 3 aromatic rings. The third-order valence-electron chi connectivity index (χ3n) is 4.23. The Morgan fingerprint density at radius 1 is 1.12 bits per heavy atom. The molecule has 0 aliphatic carbocycles. The van der Waals surface area contributed by atoms with E-state index in [0.29, 0.717) is 26.9 Å². The van der Waals surface area contributed by atoms with Gasteiger partial charge in [0, 0.05) is 27.2 Å². The first-order chi connectivity index (χ1) is 12.1. The van der Waals surface area contributed by atoms with E-state index in [1.165, 1.54) is 0 Å². The molecule has 0 radical (unpaired) electrons. The summed E-state index contributed by atoms with van der Waals surface area (Å²) in [7, 11) is 0. The molecule has 1 atom stereocenters. The number of benzene rings is 2. The molecule has 0 unspecified atom stereocenters. The largest absolute Gasteiger partial charge is 0.438 e. The highest BCUT2D eigenvalue weighted by Crippen LogP contribution is 2.46. The van der Waals surface area contributed by atoms with Crippen LogP contribution in [0, 0.1) is 11.3 Å². The van der Waals surface area contributed by atoms with Crippen LogP contribution in [0.4, 0.5) is 0 Å². The Labute approximate surface area is 154 Å². The monoisotopic (exact) mass is 367 g/mol. The summed E-state index contributed by atoms with van der Waals surface area (Å²) < 4.78 is 5.77. The topological polar surface area (TPSA) is 71.9 Å². The molecule has 1 aromatic heterocycles. The number of hydrogen-bond donors (Lipinski definition) is 1. The van der Waals surface area contributed by atoms with Gasteiger partial charge in [-0.05, 0) is 23.8 Å². The summed E-state index contributed by atoms with van der Waals surface area (Å²) in [6, 6.07) is 15.0. The van der Waals surface area contributed by atoms with Gasteiger partial charge in [-0.25, -0.2) is 0 Å². The molecule has 1 aliphatic heterocycles. The first-order valence-corrected chi connectivity index (χ1v) is 8.26. The van der Waals surface area contributed by atoms with Crippen molar-refractivity contribution in [1.82, 2.24) is 4.98 Å². The molecule has 25 heavy (non-hydrogen) atoms. The van der Waals surface area contributed by atoms with E-state index in [2.05, 4.69) is 11.1 Å². The number of nitrogens with two attached hydrogens (primary N) is 1. The lowest BCUT2D eigenvalue weighted by atomic mass is 9.83. The standard InChI is InChI=1S/C19H11Cl2N3O/c20-11-4-6-12(15(21)8-11)16-13-5-3-10-2-1-7-24-17(10)18(13)25-19(23)14(16)9-22/h1-8,16H,23H2/t16-/m0/s1. The van der Waals surface area contributed by atoms with Gasteiger partial charge in [-0.15, -0.1) is 0 Å². The third kappa shape index (κ3) is 2.49. The fourth-order valence-electron chi connectivity index (χ4n) is 3.11. The lowest BCUT2D eigenvalue weighted by molar-refractivity contribution is 0.397. The van der Waals surface area contributed by atoms with E-state index in [-0.39, 0.29) is 5.88 Å². The van der Waals surface area contributed by atoms with Crippen LogP contribution in [0.15, 0.2) is 60.1 Å². The molecule has 0 fully saturated rings. The van der Waals surface area contributed by atoms with Crippen LogP contribution in [0.25, 0.3) is 10.9 Å². The van der Waals surface area contributed by atoms with Gasteiger partial charge in [0.1, 0.15) is 17.2 Å². The molecular weight excluding hydrogens is 357 g/mol. The predicted molar refractivity (Wildman–Crippen MR) is 97.5 cm³/mol. The number of ether oxygens (including phenoxy) is 1. The zero-order valence-corrected chi connectivity index (χ0v) is 14.3.